The van der Waals surface area contributed by atoms with Crippen LogP contribution in [0.4, 0.5) is 11.5 Å². The summed E-state index contributed by atoms with van der Waals surface area (Å²) in [5.41, 5.74) is 1.19. The third-order valence-corrected chi connectivity index (χ3v) is 4.84. The van der Waals surface area contributed by atoms with Crippen molar-refractivity contribution < 1.29 is 0 Å². The Kier molecular flexibility index (Phi) is 5.83. The zero-order valence-corrected chi connectivity index (χ0v) is 12.8. The van der Waals surface area contributed by atoms with Gasteiger partial charge in [-0.05, 0) is 31.6 Å². The van der Waals surface area contributed by atoms with Gasteiger partial charge in [-0.15, -0.1) is 0 Å². The molecule has 2 N–H and O–H groups in total. The number of anilines is 2. The van der Waals surface area contributed by atoms with Gasteiger partial charge in [-0.1, -0.05) is 19.8 Å². The maximum atomic E-state index is 4.35. The van der Waals surface area contributed by atoms with Gasteiger partial charge < -0.3 is 10.6 Å². The molecule has 0 radical (unpaired) electrons. The van der Waals surface area contributed by atoms with Crippen molar-refractivity contribution in [3.05, 3.63) is 18.3 Å². The van der Waals surface area contributed by atoms with Gasteiger partial charge in [0.05, 0.1) is 0 Å². The summed E-state index contributed by atoms with van der Waals surface area (Å²) in [5, 5.41) is 7.78. The van der Waals surface area contributed by atoms with Gasteiger partial charge in [0.15, 0.2) is 0 Å². The lowest BCUT2D eigenvalue weighted by atomic mass is 9.94. The first-order chi connectivity index (χ1) is 9.33. The summed E-state index contributed by atoms with van der Waals surface area (Å²) in [6.45, 7) is 3.15. The third kappa shape index (κ3) is 4.30. The molecule has 1 aliphatic rings. The fraction of sp³-hybridized carbons (Fsp3) is 0.667. The number of hydrogen-bond donors (Lipinski definition) is 2. The molecule has 0 amide bonds. The summed E-state index contributed by atoms with van der Waals surface area (Å²) in [4.78, 5) is 4.35. The highest BCUT2D eigenvalue weighted by molar-refractivity contribution is 7.99. The van der Waals surface area contributed by atoms with Crippen LogP contribution in [0.1, 0.15) is 39.0 Å². The van der Waals surface area contributed by atoms with E-state index in [2.05, 4.69) is 40.9 Å². The summed E-state index contributed by atoms with van der Waals surface area (Å²) in [6, 6.07) is 4.80. The van der Waals surface area contributed by atoms with E-state index in [-0.39, 0.29) is 0 Å². The van der Waals surface area contributed by atoms with Crippen molar-refractivity contribution in [3.63, 3.8) is 0 Å². The summed E-state index contributed by atoms with van der Waals surface area (Å²) >= 11 is 2.00. The normalized spacial score (nSPS) is 23.1. The zero-order chi connectivity index (χ0) is 13.5. The molecule has 1 fully saturated rings. The van der Waals surface area contributed by atoms with Crippen molar-refractivity contribution in [2.24, 2.45) is 0 Å². The van der Waals surface area contributed by atoms with E-state index in [0.717, 1.165) is 24.0 Å². The molecule has 0 bridgehead atoms. The van der Waals surface area contributed by atoms with E-state index < -0.39 is 0 Å². The van der Waals surface area contributed by atoms with Gasteiger partial charge in [-0.2, -0.15) is 11.8 Å². The quantitative estimate of drug-likeness (QED) is 0.825. The minimum absolute atomic E-state index is 0.602. The van der Waals surface area contributed by atoms with Crippen LogP contribution in [0.2, 0.25) is 0 Å². The lowest BCUT2D eigenvalue weighted by Gasteiger charge is -2.31. The first-order valence-corrected chi connectivity index (χ1v) is 8.61. The highest BCUT2D eigenvalue weighted by Gasteiger charge is 2.24. The van der Waals surface area contributed by atoms with Crippen LogP contribution < -0.4 is 10.6 Å². The molecular formula is C15H25N3S. The Labute approximate surface area is 121 Å². The molecule has 0 spiro atoms. The highest BCUT2D eigenvalue weighted by Crippen LogP contribution is 2.29. The summed E-state index contributed by atoms with van der Waals surface area (Å²) in [7, 11) is 0. The van der Waals surface area contributed by atoms with Gasteiger partial charge >= 0.3 is 0 Å². The Morgan fingerprint density at radius 3 is 3.00 bits per heavy atom. The first kappa shape index (κ1) is 14.5. The third-order valence-electron chi connectivity index (χ3n) is 3.67. The predicted molar refractivity (Wildman–Crippen MR) is 86.2 cm³/mol. The van der Waals surface area contributed by atoms with Crippen molar-refractivity contribution in [2.75, 3.05) is 23.4 Å². The van der Waals surface area contributed by atoms with Crippen LogP contribution in [-0.4, -0.2) is 29.1 Å². The molecule has 19 heavy (non-hydrogen) atoms. The number of thioether (sulfide) groups is 1. The molecule has 1 aromatic heterocycles. The van der Waals surface area contributed by atoms with Crippen LogP contribution in [0.15, 0.2) is 18.3 Å². The van der Waals surface area contributed by atoms with Crippen molar-refractivity contribution >= 4 is 23.3 Å². The lowest BCUT2D eigenvalue weighted by molar-refractivity contribution is 0.475. The van der Waals surface area contributed by atoms with Gasteiger partial charge in [-0.3, -0.25) is 0 Å². The van der Waals surface area contributed by atoms with Gasteiger partial charge in [0, 0.05) is 35.8 Å². The van der Waals surface area contributed by atoms with Gasteiger partial charge in [0.25, 0.3) is 0 Å². The average molecular weight is 279 g/mol. The minimum Gasteiger partial charge on any atom is -0.381 e. The van der Waals surface area contributed by atoms with Crippen LogP contribution in [-0.2, 0) is 0 Å². The van der Waals surface area contributed by atoms with E-state index in [9.17, 15) is 0 Å². The molecular weight excluding hydrogens is 254 g/mol. The molecule has 0 saturated heterocycles. The van der Waals surface area contributed by atoms with Gasteiger partial charge in [0.1, 0.15) is 5.82 Å². The Bertz CT molecular complexity index is 383. The van der Waals surface area contributed by atoms with Crippen molar-refractivity contribution in [3.8, 4) is 0 Å². The van der Waals surface area contributed by atoms with Crippen molar-refractivity contribution in [1.29, 1.82) is 0 Å². The molecule has 2 unspecified atom stereocenters. The van der Waals surface area contributed by atoms with Crippen molar-refractivity contribution in [2.45, 2.75) is 50.3 Å². The summed E-state index contributed by atoms with van der Waals surface area (Å²) in [5.74, 6) is 0.975. The number of nitrogens with zero attached hydrogens (tertiary/aromatic N) is 1. The van der Waals surface area contributed by atoms with Gasteiger partial charge in [-0.25, -0.2) is 4.98 Å². The van der Waals surface area contributed by atoms with Crippen LogP contribution in [0.3, 0.4) is 0 Å². The molecule has 2 atom stereocenters. The molecule has 1 saturated carbocycles. The van der Waals surface area contributed by atoms with Crippen LogP contribution in [0.25, 0.3) is 0 Å². The summed E-state index contributed by atoms with van der Waals surface area (Å²) < 4.78 is 0. The second-order valence-electron chi connectivity index (χ2n) is 5.17. The van der Waals surface area contributed by atoms with E-state index in [1.54, 1.807) is 0 Å². The number of rotatable bonds is 6. The molecule has 2 rings (SSSR count). The molecule has 1 aliphatic carbocycles. The van der Waals surface area contributed by atoms with Crippen molar-refractivity contribution in [1.82, 2.24) is 4.98 Å². The topological polar surface area (TPSA) is 37.0 Å². The standard InChI is InChI=1S/C15H25N3S/c1-3-9-16-15-11-12(8-10-17-15)18-13-6-4-5-7-14(13)19-2/h8,10-11,13-14H,3-7,9H2,1-2H3,(H2,16,17,18). The molecule has 1 heterocycles. The Hall–Kier alpha value is -0.900. The van der Waals surface area contributed by atoms with E-state index in [1.165, 1.54) is 31.4 Å². The van der Waals surface area contributed by atoms with E-state index in [4.69, 9.17) is 0 Å². The van der Waals surface area contributed by atoms with Gasteiger partial charge in [0.2, 0.25) is 0 Å². The second kappa shape index (κ2) is 7.63. The fourth-order valence-electron chi connectivity index (χ4n) is 2.63. The number of pyridine rings is 1. The molecule has 106 valence electrons. The molecule has 0 aliphatic heterocycles. The molecule has 1 aromatic rings. The Morgan fingerprint density at radius 2 is 2.21 bits per heavy atom. The molecule has 0 aromatic carbocycles. The SMILES string of the molecule is CCCNc1cc(NC2CCCCC2SC)ccn1. The maximum absolute atomic E-state index is 4.35. The monoisotopic (exact) mass is 279 g/mol. The van der Waals surface area contributed by atoms with Crippen LogP contribution >= 0.6 is 11.8 Å². The van der Waals surface area contributed by atoms with E-state index in [0.29, 0.717) is 6.04 Å². The smallest absolute Gasteiger partial charge is 0.127 e. The number of hydrogen-bond acceptors (Lipinski definition) is 4. The van der Waals surface area contributed by atoms with E-state index in [1.807, 2.05) is 18.0 Å². The maximum Gasteiger partial charge on any atom is 0.127 e. The second-order valence-corrected chi connectivity index (χ2v) is 6.24. The number of nitrogens with one attached hydrogen (secondary N) is 2. The Morgan fingerprint density at radius 1 is 1.37 bits per heavy atom. The zero-order valence-electron chi connectivity index (χ0n) is 12.0. The summed E-state index contributed by atoms with van der Waals surface area (Å²) in [6.07, 6.45) is 10.6. The fourth-order valence-corrected chi connectivity index (χ4v) is 3.56. The van der Waals surface area contributed by atoms with Crippen LogP contribution in [0, 0.1) is 0 Å². The number of aromatic nitrogens is 1. The molecule has 3 nitrogen and oxygen atoms in total. The minimum atomic E-state index is 0.602. The lowest BCUT2D eigenvalue weighted by Crippen LogP contribution is -2.34. The largest absolute Gasteiger partial charge is 0.381 e. The highest BCUT2D eigenvalue weighted by atomic mass is 32.2. The Balaban J connectivity index is 1.97. The predicted octanol–water partition coefficient (Wildman–Crippen LogP) is 3.99. The molecule has 4 heteroatoms. The first-order valence-electron chi connectivity index (χ1n) is 7.32. The van der Waals surface area contributed by atoms with Crippen LogP contribution in [0.5, 0.6) is 0 Å². The van der Waals surface area contributed by atoms with E-state index >= 15 is 0 Å². The average Bonchev–Trinajstić information content (AvgIpc) is 2.46.